The maximum Gasteiger partial charge on any atom is 0.228 e. The number of carbonyl (C=O) groups is 1. The van der Waals surface area contributed by atoms with Crippen molar-refractivity contribution in [1.29, 1.82) is 0 Å². The van der Waals surface area contributed by atoms with E-state index in [-0.39, 0.29) is 17.9 Å². The lowest BCUT2D eigenvalue weighted by Crippen LogP contribution is -2.31. The third kappa shape index (κ3) is 3.70. The molecule has 0 aliphatic heterocycles. The summed E-state index contributed by atoms with van der Waals surface area (Å²) in [5, 5.41) is 2.86. The van der Waals surface area contributed by atoms with E-state index in [2.05, 4.69) is 5.32 Å². The Hall–Kier alpha value is -2.23. The predicted molar refractivity (Wildman–Crippen MR) is 82.4 cm³/mol. The molecule has 116 valence electrons. The zero-order chi connectivity index (χ0) is 16.1. The van der Waals surface area contributed by atoms with Gasteiger partial charge >= 0.3 is 0 Å². The second-order valence-corrected chi connectivity index (χ2v) is 5.28. The SMILES string of the molecule is CCC(C(=O)NC(C)c1ccc(F)c(F)c1)c1ccccc1. The molecule has 2 rings (SSSR count). The van der Waals surface area contributed by atoms with Gasteiger partial charge in [-0.25, -0.2) is 8.78 Å². The first kappa shape index (κ1) is 16.1. The first-order valence-corrected chi connectivity index (χ1v) is 7.33. The molecule has 1 amide bonds. The Morgan fingerprint density at radius 2 is 1.73 bits per heavy atom. The molecule has 0 fully saturated rings. The first-order chi connectivity index (χ1) is 10.5. The molecule has 2 atom stereocenters. The van der Waals surface area contributed by atoms with Gasteiger partial charge in [-0.05, 0) is 36.6 Å². The van der Waals surface area contributed by atoms with Gasteiger partial charge in [-0.3, -0.25) is 4.79 Å². The zero-order valence-corrected chi connectivity index (χ0v) is 12.6. The highest BCUT2D eigenvalue weighted by atomic mass is 19.2. The van der Waals surface area contributed by atoms with E-state index in [9.17, 15) is 13.6 Å². The number of hydrogen-bond donors (Lipinski definition) is 1. The van der Waals surface area contributed by atoms with Crippen molar-refractivity contribution in [2.75, 3.05) is 0 Å². The molecule has 0 aliphatic carbocycles. The van der Waals surface area contributed by atoms with Gasteiger partial charge < -0.3 is 5.32 Å². The van der Waals surface area contributed by atoms with E-state index >= 15 is 0 Å². The fraction of sp³-hybridized carbons (Fsp3) is 0.278. The van der Waals surface area contributed by atoms with Crippen molar-refractivity contribution >= 4 is 5.91 Å². The molecule has 0 radical (unpaired) electrons. The average Bonchev–Trinajstić information content (AvgIpc) is 2.51. The van der Waals surface area contributed by atoms with Gasteiger partial charge in [0.25, 0.3) is 0 Å². The summed E-state index contributed by atoms with van der Waals surface area (Å²) in [6.07, 6.45) is 0.667. The highest BCUT2D eigenvalue weighted by molar-refractivity contribution is 5.83. The third-order valence-corrected chi connectivity index (χ3v) is 3.73. The van der Waals surface area contributed by atoms with E-state index in [0.717, 1.165) is 17.7 Å². The van der Waals surface area contributed by atoms with Gasteiger partial charge in [0.1, 0.15) is 0 Å². The highest BCUT2D eigenvalue weighted by Gasteiger charge is 2.20. The van der Waals surface area contributed by atoms with E-state index in [1.165, 1.54) is 6.07 Å². The van der Waals surface area contributed by atoms with E-state index in [1.807, 2.05) is 37.3 Å². The van der Waals surface area contributed by atoms with Crippen LogP contribution >= 0.6 is 0 Å². The number of halogens is 2. The molecule has 1 N–H and O–H groups in total. The normalized spacial score (nSPS) is 13.5. The van der Waals surface area contributed by atoms with Gasteiger partial charge in [-0.1, -0.05) is 43.3 Å². The Morgan fingerprint density at radius 3 is 2.32 bits per heavy atom. The quantitative estimate of drug-likeness (QED) is 0.875. The minimum Gasteiger partial charge on any atom is -0.349 e. The third-order valence-electron chi connectivity index (χ3n) is 3.73. The smallest absolute Gasteiger partial charge is 0.228 e. The number of carbonyl (C=O) groups excluding carboxylic acids is 1. The fourth-order valence-electron chi connectivity index (χ4n) is 2.44. The van der Waals surface area contributed by atoms with Crippen molar-refractivity contribution in [3.05, 3.63) is 71.3 Å². The molecule has 0 bridgehead atoms. The van der Waals surface area contributed by atoms with Crippen LogP contribution in [0.5, 0.6) is 0 Å². The van der Waals surface area contributed by atoms with E-state index < -0.39 is 11.6 Å². The summed E-state index contributed by atoms with van der Waals surface area (Å²) in [7, 11) is 0. The minimum absolute atomic E-state index is 0.120. The molecule has 0 saturated heterocycles. The summed E-state index contributed by atoms with van der Waals surface area (Å²) in [4.78, 5) is 12.4. The van der Waals surface area contributed by atoms with Crippen LogP contribution in [-0.4, -0.2) is 5.91 Å². The van der Waals surface area contributed by atoms with Gasteiger partial charge in [0.15, 0.2) is 11.6 Å². The Balaban J connectivity index is 2.11. The summed E-state index contributed by atoms with van der Waals surface area (Å²) in [6.45, 7) is 3.70. The fourth-order valence-corrected chi connectivity index (χ4v) is 2.44. The Bertz CT molecular complexity index is 643. The van der Waals surface area contributed by atoms with Crippen LogP contribution in [0.15, 0.2) is 48.5 Å². The molecular weight excluding hydrogens is 284 g/mol. The van der Waals surface area contributed by atoms with Crippen molar-refractivity contribution in [2.45, 2.75) is 32.2 Å². The summed E-state index contributed by atoms with van der Waals surface area (Å²) in [6, 6.07) is 12.8. The van der Waals surface area contributed by atoms with Crippen LogP contribution in [0.2, 0.25) is 0 Å². The van der Waals surface area contributed by atoms with Crippen LogP contribution < -0.4 is 5.32 Å². The predicted octanol–water partition coefficient (Wildman–Crippen LogP) is 4.34. The zero-order valence-electron chi connectivity index (χ0n) is 12.6. The van der Waals surface area contributed by atoms with Gasteiger partial charge in [-0.15, -0.1) is 0 Å². The standard InChI is InChI=1S/C18H19F2NO/c1-3-15(13-7-5-4-6-8-13)18(22)21-12(2)14-9-10-16(19)17(20)11-14/h4-12,15H,3H2,1-2H3,(H,21,22). The van der Waals surface area contributed by atoms with E-state index in [4.69, 9.17) is 0 Å². The van der Waals surface area contributed by atoms with E-state index in [1.54, 1.807) is 6.92 Å². The first-order valence-electron chi connectivity index (χ1n) is 7.33. The molecule has 2 aromatic carbocycles. The molecule has 0 heterocycles. The van der Waals surface area contributed by atoms with Crippen molar-refractivity contribution in [3.8, 4) is 0 Å². The molecule has 2 nitrogen and oxygen atoms in total. The minimum atomic E-state index is -0.909. The lowest BCUT2D eigenvalue weighted by Gasteiger charge is -2.20. The molecule has 0 aliphatic rings. The molecular formula is C18H19F2NO. The maximum absolute atomic E-state index is 13.3. The van der Waals surface area contributed by atoms with Crippen LogP contribution in [0.1, 0.15) is 43.4 Å². The van der Waals surface area contributed by atoms with Crippen LogP contribution in [0, 0.1) is 11.6 Å². The molecule has 0 spiro atoms. The van der Waals surface area contributed by atoms with E-state index in [0.29, 0.717) is 12.0 Å². The molecule has 22 heavy (non-hydrogen) atoms. The lowest BCUT2D eigenvalue weighted by molar-refractivity contribution is -0.123. The number of rotatable bonds is 5. The van der Waals surface area contributed by atoms with Crippen LogP contribution in [0.3, 0.4) is 0 Å². The molecule has 4 heteroatoms. The summed E-state index contributed by atoms with van der Waals surface area (Å²) >= 11 is 0. The number of amides is 1. The maximum atomic E-state index is 13.3. The monoisotopic (exact) mass is 303 g/mol. The van der Waals surface area contributed by atoms with Crippen LogP contribution in [0.4, 0.5) is 8.78 Å². The second kappa shape index (κ2) is 7.16. The van der Waals surface area contributed by atoms with Gasteiger partial charge in [0.05, 0.1) is 12.0 Å². The second-order valence-electron chi connectivity index (χ2n) is 5.28. The molecule has 0 saturated carbocycles. The number of nitrogens with one attached hydrogen (secondary N) is 1. The average molecular weight is 303 g/mol. The largest absolute Gasteiger partial charge is 0.349 e. The number of benzene rings is 2. The van der Waals surface area contributed by atoms with Gasteiger partial charge in [0, 0.05) is 0 Å². The van der Waals surface area contributed by atoms with Crippen molar-refractivity contribution in [2.24, 2.45) is 0 Å². The molecule has 2 aromatic rings. The van der Waals surface area contributed by atoms with Gasteiger partial charge in [0.2, 0.25) is 5.91 Å². The van der Waals surface area contributed by atoms with Crippen molar-refractivity contribution in [3.63, 3.8) is 0 Å². The van der Waals surface area contributed by atoms with Crippen molar-refractivity contribution < 1.29 is 13.6 Å². The molecule has 0 aromatic heterocycles. The lowest BCUT2D eigenvalue weighted by atomic mass is 9.95. The summed E-state index contributed by atoms with van der Waals surface area (Å²) < 4.78 is 26.2. The Labute approximate surface area is 129 Å². The topological polar surface area (TPSA) is 29.1 Å². The highest BCUT2D eigenvalue weighted by Crippen LogP contribution is 2.22. The van der Waals surface area contributed by atoms with Gasteiger partial charge in [-0.2, -0.15) is 0 Å². The van der Waals surface area contributed by atoms with Crippen LogP contribution in [-0.2, 0) is 4.79 Å². The Morgan fingerprint density at radius 1 is 1.05 bits per heavy atom. The Kier molecular flexibility index (Phi) is 5.26. The molecule has 2 unspecified atom stereocenters. The van der Waals surface area contributed by atoms with Crippen LogP contribution in [0.25, 0.3) is 0 Å². The summed E-state index contributed by atoms with van der Waals surface area (Å²) in [5.41, 5.74) is 1.48. The number of hydrogen-bond acceptors (Lipinski definition) is 1. The summed E-state index contributed by atoms with van der Waals surface area (Å²) in [5.74, 6) is -2.17. The van der Waals surface area contributed by atoms with Crippen molar-refractivity contribution in [1.82, 2.24) is 5.32 Å².